The molecule has 3 rings (SSSR count). The van der Waals surface area contributed by atoms with Crippen LogP contribution >= 0.6 is 11.3 Å². The molecule has 6 nitrogen and oxygen atoms in total. The zero-order valence-electron chi connectivity index (χ0n) is 15.5. The fourth-order valence-corrected chi connectivity index (χ4v) is 3.69. The van der Waals surface area contributed by atoms with Gasteiger partial charge in [0.2, 0.25) is 5.88 Å². The number of ether oxygens (including phenoxy) is 1. The SMILES string of the molecule is CCNC(=NCc1cccnc1OC1CCCC1)NCc1ncc(C)s1. The Morgan fingerprint density at radius 2 is 2.15 bits per heavy atom. The van der Waals surface area contributed by atoms with Gasteiger partial charge in [0.15, 0.2) is 5.96 Å². The summed E-state index contributed by atoms with van der Waals surface area (Å²) in [5, 5.41) is 7.67. The third kappa shape index (κ3) is 5.42. The molecule has 2 aromatic rings. The largest absolute Gasteiger partial charge is 0.474 e. The number of thiazole rings is 1. The lowest BCUT2D eigenvalue weighted by atomic mass is 10.2. The molecule has 0 radical (unpaired) electrons. The van der Waals surface area contributed by atoms with Crippen molar-refractivity contribution in [1.29, 1.82) is 0 Å². The summed E-state index contributed by atoms with van der Waals surface area (Å²) in [5.74, 6) is 1.49. The van der Waals surface area contributed by atoms with Crippen molar-refractivity contribution in [1.82, 2.24) is 20.6 Å². The second-order valence-electron chi connectivity index (χ2n) is 6.41. The fraction of sp³-hybridized carbons (Fsp3) is 0.526. The maximum Gasteiger partial charge on any atom is 0.218 e. The molecule has 0 aromatic carbocycles. The summed E-state index contributed by atoms with van der Waals surface area (Å²) in [6.07, 6.45) is 8.71. The number of rotatable bonds is 7. The standard InChI is InChI=1S/C19H27N5OS/c1-3-20-19(24-13-17-22-11-14(2)26-17)23-12-15-7-6-10-21-18(15)25-16-8-4-5-9-16/h6-7,10-11,16H,3-5,8-9,12-13H2,1-2H3,(H2,20,23,24). The van der Waals surface area contributed by atoms with Gasteiger partial charge < -0.3 is 15.4 Å². The monoisotopic (exact) mass is 373 g/mol. The number of nitrogens with one attached hydrogen (secondary N) is 2. The maximum atomic E-state index is 6.10. The van der Waals surface area contributed by atoms with Gasteiger partial charge in [0.25, 0.3) is 0 Å². The van der Waals surface area contributed by atoms with Crippen LogP contribution in [0.4, 0.5) is 0 Å². The summed E-state index contributed by atoms with van der Waals surface area (Å²) in [4.78, 5) is 14.7. The molecule has 1 fully saturated rings. The van der Waals surface area contributed by atoms with Gasteiger partial charge in [-0.1, -0.05) is 6.07 Å². The number of aromatic nitrogens is 2. The van der Waals surface area contributed by atoms with Crippen LogP contribution in [0.25, 0.3) is 0 Å². The van der Waals surface area contributed by atoms with E-state index in [2.05, 4.69) is 34.4 Å². The maximum absolute atomic E-state index is 6.10. The lowest BCUT2D eigenvalue weighted by molar-refractivity contribution is 0.199. The quantitative estimate of drug-likeness (QED) is 0.575. The van der Waals surface area contributed by atoms with Crippen molar-refractivity contribution in [3.05, 3.63) is 40.0 Å². The van der Waals surface area contributed by atoms with Crippen molar-refractivity contribution in [2.45, 2.75) is 58.7 Å². The van der Waals surface area contributed by atoms with Crippen LogP contribution in [-0.4, -0.2) is 28.6 Å². The number of hydrogen-bond acceptors (Lipinski definition) is 5. The van der Waals surface area contributed by atoms with E-state index < -0.39 is 0 Å². The zero-order valence-corrected chi connectivity index (χ0v) is 16.3. The molecule has 0 unspecified atom stereocenters. The summed E-state index contributed by atoms with van der Waals surface area (Å²) in [6, 6.07) is 3.97. The molecule has 1 saturated carbocycles. The van der Waals surface area contributed by atoms with Gasteiger partial charge in [0.05, 0.1) is 13.1 Å². The molecular formula is C19H27N5OS. The van der Waals surface area contributed by atoms with Crippen molar-refractivity contribution in [2.75, 3.05) is 6.54 Å². The molecule has 1 aliphatic carbocycles. The highest BCUT2D eigenvalue weighted by Gasteiger charge is 2.18. The molecule has 2 heterocycles. The van der Waals surface area contributed by atoms with Crippen LogP contribution in [0.3, 0.4) is 0 Å². The topological polar surface area (TPSA) is 71.4 Å². The lowest BCUT2D eigenvalue weighted by Crippen LogP contribution is -2.36. The molecule has 140 valence electrons. The van der Waals surface area contributed by atoms with Crippen molar-refractivity contribution in [3.63, 3.8) is 0 Å². The Balaban J connectivity index is 1.63. The highest BCUT2D eigenvalue weighted by Crippen LogP contribution is 2.25. The molecule has 2 aromatic heterocycles. The molecule has 1 aliphatic rings. The Kier molecular flexibility index (Phi) is 6.82. The van der Waals surface area contributed by atoms with Gasteiger partial charge in [0, 0.05) is 29.4 Å². The third-order valence-corrected chi connectivity index (χ3v) is 5.17. The van der Waals surface area contributed by atoms with Gasteiger partial charge in [-0.2, -0.15) is 0 Å². The second-order valence-corrected chi connectivity index (χ2v) is 7.72. The first-order valence-electron chi connectivity index (χ1n) is 9.28. The summed E-state index contributed by atoms with van der Waals surface area (Å²) in [5.41, 5.74) is 1.02. The Bertz CT molecular complexity index is 724. The van der Waals surface area contributed by atoms with Crippen molar-refractivity contribution in [2.24, 2.45) is 4.99 Å². The van der Waals surface area contributed by atoms with Gasteiger partial charge in [0.1, 0.15) is 11.1 Å². The van der Waals surface area contributed by atoms with E-state index in [1.807, 2.05) is 18.3 Å². The first-order chi connectivity index (χ1) is 12.7. The van der Waals surface area contributed by atoms with E-state index >= 15 is 0 Å². The van der Waals surface area contributed by atoms with Gasteiger partial charge in [-0.15, -0.1) is 11.3 Å². The van der Waals surface area contributed by atoms with E-state index in [0.717, 1.165) is 41.8 Å². The molecule has 0 amide bonds. The van der Waals surface area contributed by atoms with Crippen LogP contribution in [0.5, 0.6) is 5.88 Å². The van der Waals surface area contributed by atoms with Crippen molar-refractivity contribution < 1.29 is 4.74 Å². The van der Waals surface area contributed by atoms with Crippen LogP contribution < -0.4 is 15.4 Å². The van der Waals surface area contributed by atoms with Crippen molar-refractivity contribution in [3.8, 4) is 5.88 Å². The van der Waals surface area contributed by atoms with Crippen LogP contribution in [-0.2, 0) is 13.1 Å². The van der Waals surface area contributed by atoms with Crippen LogP contribution in [0.2, 0.25) is 0 Å². The van der Waals surface area contributed by atoms with E-state index in [-0.39, 0.29) is 0 Å². The molecule has 0 spiro atoms. The Morgan fingerprint density at radius 3 is 2.88 bits per heavy atom. The first kappa shape index (κ1) is 18.6. The molecule has 0 atom stereocenters. The smallest absolute Gasteiger partial charge is 0.218 e. The van der Waals surface area contributed by atoms with E-state index in [4.69, 9.17) is 9.73 Å². The molecule has 26 heavy (non-hydrogen) atoms. The van der Waals surface area contributed by atoms with E-state index in [0.29, 0.717) is 19.2 Å². The molecule has 7 heteroatoms. The lowest BCUT2D eigenvalue weighted by Gasteiger charge is -2.15. The molecule has 0 saturated heterocycles. The number of pyridine rings is 1. The Hall–Kier alpha value is -2.15. The van der Waals surface area contributed by atoms with E-state index in [1.165, 1.54) is 17.7 Å². The average molecular weight is 374 g/mol. The predicted octanol–water partition coefficient (Wildman–Crippen LogP) is 3.42. The summed E-state index contributed by atoms with van der Waals surface area (Å²) in [6.45, 7) is 6.13. The van der Waals surface area contributed by atoms with E-state index in [1.54, 1.807) is 17.5 Å². The average Bonchev–Trinajstić information content (AvgIpc) is 3.30. The van der Waals surface area contributed by atoms with Gasteiger partial charge >= 0.3 is 0 Å². The van der Waals surface area contributed by atoms with E-state index in [9.17, 15) is 0 Å². The molecule has 0 bridgehead atoms. The zero-order chi connectivity index (χ0) is 18.2. The number of aliphatic imine (C=N–C) groups is 1. The van der Waals surface area contributed by atoms with Crippen LogP contribution in [0.1, 0.15) is 48.1 Å². The Morgan fingerprint density at radius 1 is 1.31 bits per heavy atom. The van der Waals surface area contributed by atoms with Crippen LogP contribution in [0.15, 0.2) is 29.5 Å². The minimum Gasteiger partial charge on any atom is -0.474 e. The second kappa shape index (κ2) is 9.52. The summed E-state index contributed by atoms with van der Waals surface area (Å²) >= 11 is 1.70. The van der Waals surface area contributed by atoms with Gasteiger partial charge in [-0.3, -0.25) is 0 Å². The highest BCUT2D eigenvalue weighted by molar-refractivity contribution is 7.11. The Labute approximate surface area is 159 Å². The van der Waals surface area contributed by atoms with Crippen molar-refractivity contribution >= 4 is 17.3 Å². The third-order valence-electron chi connectivity index (χ3n) is 4.26. The first-order valence-corrected chi connectivity index (χ1v) is 10.1. The predicted molar refractivity (Wildman–Crippen MR) is 106 cm³/mol. The minimum absolute atomic E-state index is 0.298. The summed E-state index contributed by atoms with van der Waals surface area (Å²) < 4.78 is 6.10. The molecule has 0 aliphatic heterocycles. The van der Waals surface area contributed by atoms with Gasteiger partial charge in [-0.05, 0) is 45.6 Å². The number of guanidine groups is 1. The molecule has 2 N–H and O–H groups in total. The fourth-order valence-electron chi connectivity index (χ4n) is 2.96. The van der Waals surface area contributed by atoms with Gasteiger partial charge in [-0.25, -0.2) is 15.0 Å². The number of aryl methyl sites for hydroxylation is 1. The highest BCUT2D eigenvalue weighted by atomic mass is 32.1. The van der Waals surface area contributed by atoms with Crippen LogP contribution in [0, 0.1) is 6.92 Å². The molecular weight excluding hydrogens is 346 g/mol. The number of nitrogens with zero attached hydrogens (tertiary/aromatic N) is 3. The summed E-state index contributed by atoms with van der Waals surface area (Å²) in [7, 11) is 0. The normalized spacial score (nSPS) is 15.2. The number of hydrogen-bond donors (Lipinski definition) is 2. The minimum atomic E-state index is 0.298.